The summed E-state index contributed by atoms with van der Waals surface area (Å²) in [6, 6.07) is 13.9. The van der Waals surface area contributed by atoms with Crippen LogP contribution in [0.2, 0.25) is 0 Å². The Bertz CT molecular complexity index is 915. The van der Waals surface area contributed by atoms with Crippen LogP contribution in [0.1, 0.15) is 29.5 Å². The van der Waals surface area contributed by atoms with Gasteiger partial charge in [-0.15, -0.1) is 0 Å². The van der Waals surface area contributed by atoms with Gasteiger partial charge in [-0.3, -0.25) is 4.79 Å². The molecule has 3 aromatic rings. The van der Waals surface area contributed by atoms with Crippen molar-refractivity contribution in [3.05, 3.63) is 70.3 Å². The molecule has 0 spiro atoms. The zero-order valence-corrected chi connectivity index (χ0v) is 13.7. The number of hydrogen-bond donors (Lipinski definition) is 0. The maximum Gasteiger partial charge on any atom is 0.359 e. The van der Waals surface area contributed by atoms with Gasteiger partial charge >= 0.3 is 5.97 Å². The standard InChI is InChI=1S/C18H17N3O4/c1-2-10-21-17(22)9-8-15(19-21)18(23)24-12-14-11-16(25-20-14)13-6-4-3-5-7-13/h3-9,11H,2,10,12H2,1H3. The second-order valence-corrected chi connectivity index (χ2v) is 5.40. The fourth-order valence-electron chi connectivity index (χ4n) is 2.26. The predicted molar refractivity (Wildman–Crippen MR) is 89.8 cm³/mol. The lowest BCUT2D eigenvalue weighted by Gasteiger charge is -2.05. The number of ether oxygens (including phenoxy) is 1. The number of carbonyl (C=O) groups excluding carboxylic acids is 1. The molecule has 25 heavy (non-hydrogen) atoms. The van der Waals surface area contributed by atoms with Crippen LogP contribution in [-0.2, 0) is 17.9 Å². The van der Waals surface area contributed by atoms with Gasteiger partial charge in [0.15, 0.2) is 11.5 Å². The van der Waals surface area contributed by atoms with Crippen molar-refractivity contribution in [1.29, 1.82) is 0 Å². The molecule has 0 bridgehead atoms. The summed E-state index contributed by atoms with van der Waals surface area (Å²) in [6.45, 7) is 2.33. The molecule has 0 saturated carbocycles. The largest absolute Gasteiger partial charge is 0.454 e. The third kappa shape index (κ3) is 4.00. The van der Waals surface area contributed by atoms with Gasteiger partial charge in [0.05, 0.1) is 0 Å². The first-order chi connectivity index (χ1) is 12.2. The number of esters is 1. The van der Waals surface area contributed by atoms with Crippen molar-refractivity contribution >= 4 is 5.97 Å². The lowest BCUT2D eigenvalue weighted by atomic mass is 10.2. The van der Waals surface area contributed by atoms with Crippen LogP contribution in [0.5, 0.6) is 0 Å². The maximum atomic E-state index is 12.1. The Labute approximate surface area is 143 Å². The van der Waals surface area contributed by atoms with Gasteiger partial charge in [0.2, 0.25) is 0 Å². The Kier molecular flexibility index (Phi) is 5.03. The highest BCUT2D eigenvalue weighted by Crippen LogP contribution is 2.20. The summed E-state index contributed by atoms with van der Waals surface area (Å²) in [5.41, 5.74) is 1.22. The number of rotatable bonds is 6. The first-order valence-corrected chi connectivity index (χ1v) is 7.93. The first kappa shape index (κ1) is 16.6. The highest BCUT2D eigenvalue weighted by molar-refractivity contribution is 5.86. The van der Waals surface area contributed by atoms with E-state index in [1.54, 1.807) is 6.07 Å². The van der Waals surface area contributed by atoms with Crippen molar-refractivity contribution in [2.75, 3.05) is 0 Å². The van der Waals surface area contributed by atoms with Crippen LogP contribution < -0.4 is 5.56 Å². The lowest BCUT2D eigenvalue weighted by Crippen LogP contribution is -2.24. The van der Waals surface area contributed by atoms with E-state index in [2.05, 4.69) is 10.3 Å². The Morgan fingerprint density at radius 1 is 1.20 bits per heavy atom. The molecule has 0 aliphatic carbocycles. The number of aromatic nitrogens is 3. The summed E-state index contributed by atoms with van der Waals surface area (Å²) in [5, 5.41) is 7.90. The van der Waals surface area contributed by atoms with Crippen LogP contribution in [0.4, 0.5) is 0 Å². The molecule has 7 nitrogen and oxygen atoms in total. The molecule has 0 atom stereocenters. The van der Waals surface area contributed by atoms with Crippen LogP contribution >= 0.6 is 0 Å². The smallest absolute Gasteiger partial charge is 0.359 e. The molecule has 2 aromatic heterocycles. The Morgan fingerprint density at radius 2 is 2.00 bits per heavy atom. The van der Waals surface area contributed by atoms with Crippen LogP contribution in [0.25, 0.3) is 11.3 Å². The average Bonchev–Trinajstić information content (AvgIpc) is 3.11. The van der Waals surface area contributed by atoms with E-state index >= 15 is 0 Å². The van der Waals surface area contributed by atoms with E-state index in [-0.39, 0.29) is 17.9 Å². The minimum Gasteiger partial charge on any atom is -0.454 e. The fourth-order valence-corrected chi connectivity index (χ4v) is 2.26. The lowest BCUT2D eigenvalue weighted by molar-refractivity contribution is 0.0454. The average molecular weight is 339 g/mol. The molecule has 0 N–H and O–H groups in total. The molecule has 0 amide bonds. The summed E-state index contributed by atoms with van der Waals surface area (Å²) in [4.78, 5) is 23.7. The van der Waals surface area contributed by atoms with E-state index in [0.717, 1.165) is 12.0 Å². The molecule has 0 fully saturated rings. The van der Waals surface area contributed by atoms with E-state index < -0.39 is 5.97 Å². The zero-order chi connectivity index (χ0) is 17.6. The fraction of sp³-hybridized carbons (Fsp3) is 0.222. The monoisotopic (exact) mass is 339 g/mol. The van der Waals surface area contributed by atoms with Gasteiger partial charge in [-0.1, -0.05) is 42.4 Å². The quantitative estimate of drug-likeness (QED) is 0.642. The summed E-state index contributed by atoms with van der Waals surface area (Å²) < 4.78 is 11.7. The van der Waals surface area contributed by atoms with Crippen molar-refractivity contribution in [1.82, 2.24) is 14.9 Å². The molecule has 1 aromatic carbocycles. The summed E-state index contributed by atoms with van der Waals surface area (Å²) in [7, 11) is 0. The molecule has 0 aliphatic rings. The summed E-state index contributed by atoms with van der Waals surface area (Å²) in [6.07, 6.45) is 0.743. The molecular formula is C18H17N3O4. The van der Waals surface area contributed by atoms with Gasteiger partial charge in [0.25, 0.3) is 5.56 Å². The van der Waals surface area contributed by atoms with E-state index in [0.29, 0.717) is 18.0 Å². The van der Waals surface area contributed by atoms with Gasteiger partial charge < -0.3 is 9.26 Å². The van der Waals surface area contributed by atoms with Crippen LogP contribution in [0.3, 0.4) is 0 Å². The molecule has 0 unspecified atom stereocenters. The van der Waals surface area contributed by atoms with Gasteiger partial charge in [-0.2, -0.15) is 5.10 Å². The topological polar surface area (TPSA) is 87.2 Å². The third-order valence-corrected chi connectivity index (χ3v) is 3.48. The van der Waals surface area contributed by atoms with E-state index in [1.165, 1.54) is 16.8 Å². The Hall–Kier alpha value is -3.22. The predicted octanol–water partition coefficient (Wildman–Crippen LogP) is 2.67. The zero-order valence-electron chi connectivity index (χ0n) is 13.7. The van der Waals surface area contributed by atoms with Gasteiger partial charge in [-0.25, -0.2) is 9.48 Å². The Morgan fingerprint density at radius 3 is 2.76 bits per heavy atom. The van der Waals surface area contributed by atoms with Crippen LogP contribution in [0, 0.1) is 0 Å². The van der Waals surface area contributed by atoms with Crippen LogP contribution in [-0.4, -0.2) is 20.9 Å². The molecular weight excluding hydrogens is 322 g/mol. The number of aryl methyl sites for hydroxylation is 1. The summed E-state index contributed by atoms with van der Waals surface area (Å²) >= 11 is 0. The molecule has 2 heterocycles. The van der Waals surface area contributed by atoms with Gasteiger partial charge in [0.1, 0.15) is 12.3 Å². The molecule has 0 saturated heterocycles. The second kappa shape index (κ2) is 7.57. The Balaban J connectivity index is 1.66. The molecule has 128 valence electrons. The van der Waals surface area contributed by atoms with E-state index in [4.69, 9.17) is 9.26 Å². The van der Waals surface area contributed by atoms with E-state index in [9.17, 15) is 9.59 Å². The van der Waals surface area contributed by atoms with Crippen LogP contribution in [0.15, 0.2) is 57.8 Å². The molecule has 0 radical (unpaired) electrons. The van der Waals surface area contributed by atoms with Crippen molar-refractivity contribution in [3.8, 4) is 11.3 Å². The number of nitrogens with zero attached hydrogens (tertiary/aromatic N) is 3. The maximum absolute atomic E-state index is 12.1. The van der Waals surface area contributed by atoms with Gasteiger partial charge in [0, 0.05) is 24.2 Å². The molecule has 7 heteroatoms. The van der Waals surface area contributed by atoms with E-state index in [1.807, 2.05) is 37.3 Å². The highest BCUT2D eigenvalue weighted by Gasteiger charge is 2.13. The van der Waals surface area contributed by atoms with Crippen molar-refractivity contribution < 1.29 is 14.1 Å². The third-order valence-electron chi connectivity index (χ3n) is 3.48. The number of hydrogen-bond acceptors (Lipinski definition) is 6. The van der Waals surface area contributed by atoms with Crippen molar-refractivity contribution in [3.63, 3.8) is 0 Å². The first-order valence-electron chi connectivity index (χ1n) is 7.93. The minimum atomic E-state index is -0.617. The van der Waals surface area contributed by atoms with Crippen molar-refractivity contribution in [2.45, 2.75) is 26.5 Å². The number of carbonyl (C=O) groups is 1. The van der Waals surface area contributed by atoms with Gasteiger partial charge in [-0.05, 0) is 12.5 Å². The molecule has 0 aliphatic heterocycles. The molecule has 3 rings (SSSR count). The minimum absolute atomic E-state index is 0.0379. The SMILES string of the molecule is CCCn1nc(C(=O)OCc2cc(-c3ccccc3)on2)ccc1=O. The number of benzene rings is 1. The summed E-state index contributed by atoms with van der Waals surface area (Å²) in [5.74, 6) is -0.0182. The highest BCUT2D eigenvalue weighted by atomic mass is 16.5. The van der Waals surface area contributed by atoms with Crippen molar-refractivity contribution in [2.24, 2.45) is 0 Å². The second-order valence-electron chi connectivity index (χ2n) is 5.40. The normalized spacial score (nSPS) is 10.6.